The lowest BCUT2D eigenvalue weighted by Gasteiger charge is -2.11. The number of anilines is 3. The molecule has 0 saturated carbocycles. The molecule has 2 rings (SSSR count). The molecule has 0 amide bonds. The standard InChI is InChI=1S/C13H13BrClN3O/c1-7-5-8(14)11(6-9(7)15)17-12-4-3-10(16)13(18-12)19-2/h3-6H,16H2,1-2H3,(H,17,18). The summed E-state index contributed by atoms with van der Waals surface area (Å²) in [7, 11) is 1.53. The first-order chi connectivity index (χ1) is 9.01. The van der Waals surface area contributed by atoms with E-state index in [1.807, 2.05) is 19.1 Å². The van der Waals surface area contributed by atoms with E-state index >= 15 is 0 Å². The fourth-order valence-electron chi connectivity index (χ4n) is 1.56. The largest absolute Gasteiger partial charge is 0.479 e. The zero-order valence-electron chi connectivity index (χ0n) is 10.5. The van der Waals surface area contributed by atoms with Crippen LogP contribution in [-0.4, -0.2) is 12.1 Å². The minimum atomic E-state index is 0.388. The van der Waals surface area contributed by atoms with Crippen LogP contribution in [0.2, 0.25) is 5.02 Å². The van der Waals surface area contributed by atoms with Crippen LogP contribution in [0.1, 0.15) is 5.56 Å². The van der Waals surface area contributed by atoms with Gasteiger partial charge in [0.25, 0.3) is 0 Å². The molecular formula is C13H13BrClN3O. The number of halogens is 2. The van der Waals surface area contributed by atoms with Crippen molar-refractivity contribution in [2.75, 3.05) is 18.2 Å². The Balaban J connectivity index is 2.33. The summed E-state index contributed by atoms with van der Waals surface area (Å²) in [6.07, 6.45) is 0. The predicted molar refractivity (Wildman–Crippen MR) is 82.4 cm³/mol. The third-order valence-corrected chi connectivity index (χ3v) is 3.66. The van der Waals surface area contributed by atoms with Crippen LogP contribution >= 0.6 is 27.5 Å². The average molecular weight is 343 g/mol. The van der Waals surface area contributed by atoms with Crippen LogP contribution in [0.5, 0.6) is 5.88 Å². The lowest BCUT2D eigenvalue weighted by atomic mass is 10.2. The van der Waals surface area contributed by atoms with Gasteiger partial charge in [-0.25, -0.2) is 0 Å². The second-order valence-corrected chi connectivity index (χ2v) is 5.26. The molecule has 0 spiro atoms. The molecule has 1 heterocycles. The number of nitrogens with zero attached hydrogens (tertiary/aromatic N) is 1. The van der Waals surface area contributed by atoms with Crippen molar-refractivity contribution >= 4 is 44.7 Å². The first kappa shape index (κ1) is 14.0. The first-order valence-electron chi connectivity index (χ1n) is 5.54. The van der Waals surface area contributed by atoms with E-state index in [4.69, 9.17) is 22.1 Å². The Morgan fingerprint density at radius 1 is 1.37 bits per heavy atom. The van der Waals surface area contributed by atoms with Gasteiger partial charge in [-0.3, -0.25) is 0 Å². The summed E-state index contributed by atoms with van der Waals surface area (Å²) in [4.78, 5) is 4.26. The van der Waals surface area contributed by atoms with Crippen LogP contribution in [0.4, 0.5) is 17.2 Å². The fourth-order valence-corrected chi connectivity index (χ4v) is 2.29. The summed E-state index contributed by atoms with van der Waals surface area (Å²) in [5, 5.41) is 3.85. The van der Waals surface area contributed by atoms with Crippen LogP contribution in [0.3, 0.4) is 0 Å². The lowest BCUT2D eigenvalue weighted by Crippen LogP contribution is -2.00. The topological polar surface area (TPSA) is 60.2 Å². The Bertz CT molecular complexity index is 619. The predicted octanol–water partition coefficient (Wildman–Crippen LogP) is 4.14. The molecule has 0 radical (unpaired) electrons. The summed E-state index contributed by atoms with van der Waals surface area (Å²) < 4.78 is 5.99. The Hall–Kier alpha value is -1.46. The van der Waals surface area contributed by atoms with Gasteiger partial charge < -0.3 is 15.8 Å². The number of methoxy groups -OCH3 is 1. The summed E-state index contributed by atoms with van der Waals surface area (Å²) in [5.41, 5.74) is 8.05. The second-order valence-electron chi connectivity index (χ2n) is 4.00. The van der Waals surface area contributed by atoms with E-state index in [1.54, 1.807) is 12.1 Å². The number of pyridine rings is 1. The molecule has 19 heavy (non-hydrogen) atoms. The van der Waals surface area contributed by atoms with Crippen LogP contribution in [0.25, 0.3) is 0 Å². The summed E-state index contributed by atoms with van der Waals surface area (Å²) in [6, 6.07) is 7.29. The number of nitrogens with one attached hydrogen (secondary N) is 1. The Kier molecular flexibility index (Phi) is 4.17. The van der Waals surface area contributed by atoms with E-state index in [0.29, 0.717) is 22.4 Å². The molecule has 0 aliphatic heterocycles. The van der Waals surface area contributed by atoms with Gasteiger partial charge in [0.1, 0.15) is 5.82 Å². The highest BCUT2D eigenvalue weighted by atomic mass is 79.9. The number of nitrogens with two attached hydrogens (primary N) is 1. The molecule has 1 aromatic heterocycles. The molecule has 0 unspecified atom stereocenters. The highest BCUT2D eigenvalue weighted by Crippen LogP contribution is 2.31. The molecule has 0 aliphatic carbocycles. The fraction of sp³-hybridized carbons (Fsp3) is 0.154. The van der Waals surface area contributed by atoms with Crippen molar-refractivity contribution in [1.82, 2.24) is 4.98 Å². The van der Waals surface area contributed by atoms with Crippen molar-refractivity contribution in [2.24, 2.45) is 0 Å². The van der Waals surface area contributed by atoms with Gasteiger partial charge in [-0.15, -0.1) is 0 Å². The smallest absolute Gasteiger partial charge is 0.238 e. The highest BCUT2D eigenvalue weighted by molar-refractivity contribution is 9.10. The third kappa shape index (κ3) is 3.11. The molecule has 0 aliphatic rings. The van der Waals surface area contributed by atoms with Gasteiger partial charge in [0.15, 0.2) is 0 Å². The molecule has 0 fully saturated rings. The van der Waals surface area contributed by atoms with Gasteiger partial charge in [-0.1, -0.05) is 11.6 Å². The molecule has 0 atom stereocenters. The van der Waals surface area contributed by atoms with Crippen LogP contribution in [0, 0.1) is 6.92 Å². The highest BCUT2D eigenvalue weighted by Gasteiger charge is 2.07. The second kappa shape index (κ2) is 5.67. The van der Waals surface area contributed by atoms with Crippen molar-refractivity contribution in [3.8, 4) is 5.88 Å². The van der Waals surface area contributed by atoms with E-state index in [9.17, 15) is 0 Å². The molecule has 4 nitrogen and oxygen atoms in total. The number of rotatable bonds is 3. The summed E-state index contributed by atoms with van der Waals surface area (Å²) in [6.45, 7) is 1.95. The maximum absolute atomic E-state index is 6.11. The molecule has 2 aromatic rings. The molecule has 3 N–H and O–H groups in total. The van der Waals surface area contributed by atoms with Crippen molar-refractivity contribution in [3.63, 3.8) is 0 Å². The zero-order chi connectivity index (χ0) is 14.0. The number of aryl methyl sites for hydroxylation is 1. The molecule has 6 heteroatoms. The number of hydrogen-bond acceptors (Lipinski definition) is 4. The number of hydrogen-bond donors (Lipinski definition) is 2. The molecule has 1 aromatic carbocycles. The van der Waals surface area contributed by atoms with Crippen LogP contribution in [-0.2, 0) is 0 Å². The summed E-state index contributed by atoms with van der Waals surface area (Å²) in [5.74, 6) is 1.02. The van der Waals surface area contributed by atoms with Gasteiger partial charge in [0.05, 0.1) is 18.5 Å². The lowest BCUT2D eigenvalue weighted by molar-refractivity contribution is 0.401. The van der Waals surface area contributed by atoms with Gasteiger partial charge >= 0.3 is 0 Å². The van der Waals surface area contributed by atoms with Crippen molar-refractivity contribution in [3.05, 3.63) is 39.3 Å². The average Bonchev–Trinajstić information content (AvgIpc) is 2.38. The van der Waals surface area contributed by atoms with Crippen molar-refractivity contribution in [1.29, 1.82) is 0 Å². The maximum Gasteiger partial charge on any atom is 0.238 e. The Morgan fingerprint density at radius 2 is 2.11 bits per heavy atom. The molecule has 0 saturated heterocycles. The maximum atomic E-state index is 6.11. The van der Waals surface area contributed by atoms with E-state index in [-0.39, 0.29) is 0 Å². The first-order valence-corrected chi connectivity index (χ1v) is 6.71. The summed E-state index contributed by atoms with van der Waals surface area (Å²) >= 11 is 9.59. The van der Waals surface area contributed by atoms with Crippen LogP contribution < -0.4 is 15.8 Å². The molecule has 100 valence electrons. The third-order valence-electron chi connectivity index (χ3n) is 2.59. The Morgan fingerprint density at radius 3 is 2.79 bits per heavy atom. The van der Waals surface area contributed by atoms with E-state index in [0.717, 1.165) is 15.7 Å². The normalized spacial score (nSPS) is 10.3. The number of nitrogen functional groups attached to an aromatic ring is 1. The number of ether oxygens (including phenoxy) is 1. The Labute approximate surface area is 125 Å². The minimum absolute atomic E-state index is 0.388. The molecular weight excluding hydrogens is 330 g/mol. The van der Waals surface area contributed by atoms with Crippen LogP contribution in [0.15, 0.2) is 28.7 Å². The van der Waals surface area contributed by atoms with Crippen molar-refractivity contribution in [2.45, 2.75) is 6.92 Å². The van der Waals surface area contributed by atoms with E-state index in [1.165, 1.54) is 7.11 Å². The minimum Gasteiger partial charge on any atom is -0.479 e. The van der Waals surface area contributed by atoms with Gasteiger partial charge in [-0.2, -0.15) is 4.98 Å². The molecule has 0 bridgehead atoms. The monoisotopic (exact) mass is 341 g/mol. The zero-order valence-corrected chi connectivity index (χ0v) is 12.8. The van der Waals surface area contributed by atoms with Crippen molar-refractivity contribution < 1.29 is 4.74 Å². The van der Waals surface area contributed by atoms with Gasteiger partial charge in [0, 0.05) is 9.50 Å². The number of aromatic nitrogens is 1. The van der Waals surface area contributed by atoms with E-state index < -0.39 is 0 Å². The number of benzene rings is 1. The quantitative estimate of drug-likeness (QED) is 0.880. The SMILES string of the molecule is COc1nc(Nc2cc(Cl)c(C)cc2Br)ccc1N. The van der Waals surface area contributed by atoms with Gasteiger partial charge in [0.2, 0.25) is 5.88 Å². The van der Waals surface area contributed by atoms with Gasteiger partial charge in [-0.05, 0) is 52.7 Å². The van der Waals surface area contributed by atoms with E-state index in [2.05, 4.69) is 26.2 Å².